The molecular weight excluding hydrogens is 152 g/mol. The standard InChI is InChI=1S/C4H6N4O3/c5-2-1-11-3-6-8(10)4(9)7(2)3/h1,4,9-10H,5H2. The average Bonchev–Trinajstić information content (AvgIpc) is 2.41. The zero-order chi connectivity index (χ0) is 8.01. The summed E-state index contributed by atoms with van der Waals surface area (Å²) in [6.07, 6.45) is -0.0570. The second-order valence-electron chi connectivity index (χ2n) is 2.08. The van der Waals surface area contributed by atoms with E-state index in [1.807, 2.05) is 0 Å². The van der Waals surface area contributed by atoms with Crippen molar-refractivity contribution in [1.29, 1.82) is 0 Å². The van der Waals surface area contributed by atoms with Gasteiger partial charge in [-0.15, -0.1) is 5.17 Å². The van der Waals surface area contributed by atoms with E-state index in [0.717, 1.165) is 4.90 Å². The normalized spacial score (nSPS) is 28.0. The SMILES string of the molecule is NC1=COC2=NN(O)C(O)N12. The highest BCUT2D eigenvalue weighted by molar-refractivity contribution is 5.79. The van der Waals surface area contributed by atoms with Gasteiger partial charge in [-0.25, -0.2) is 4.90 Å². The Labute approximate surface area is 61.5 Å². The molecule has 0 aliphatic carbocycles. The summed E-state index contributed by atoms with van der Waals surface area (Å²) < 4.78 is 4.76. The second-order valence-corrected chi connectivity index (χ2v) is 2.08. The Kier molecular flexibility index (Phi) is 1.01. The molecule has 0 bridgehead atoms. The van der Waals surface area contributed by atoms with Gasteiger partial charge in [0.25, 0.3) is 6.35 Å². The van der Waals surface area contributed by atoms with Crippen LogP contribution in [0.5, 0.6) is 0 Å². The minimum absolute atomic E-state index is 0.0671. The summed E-state index contributed by atoms with van der Waals surface area (Å²) in [6, 6.07) is 0.0671. The van der Waals surface area contributed by atoms with Crippen molar-refractivity contribution in [3.63, 3.8) is 0 Å². The summed E-state index contributed by atoms with van der Waals surface area (Å²) in [7, 11) is 0. The summed E-state index contributed by atoms with van der Waals surface area (Å²) >= 11 is 0. The molecule has 2 aliphatic rings. The maximum absolute atomic E-state index is 9.12. The number of rotatable bonds is 0. The first-order chi connectivity index (χ1) is 5.20. The van der Waals surface area contributed by atoms with Crippen molar-refractivity contribution < 1.29 is 15.1 Å². The van der Waals surface area contributed by atoms with Crippen LogP contribution < -0.4 is 5.73 Å². The largest absolute Gasteiger partial charge is 0.428 e. The summed E-state index contributed by atoms with van der Waals surface area (Å²) in [4.78, 5) is 1.14. The Hall–Kier alpha value is -1.47. The van der Waals surface area contributed by atoms with Gasteiger partial charge in [0.05, 0.1) is 0 Å². The molecule has 7 heteroatoms. The predicted molar refractivity (Wildman–Crippen MR) is 32.3 cm³/mol. The van der Waals surface area contributed by atoms with Crippen LogP contribution in [0.1, 0.15) is 0 Å². The van der Waals surface area contributed by atoms with E-state index in [2.05, 4.69) is 5.10 Å². The Morgan fingerprint density at radius 2 is 2.45 bits per heavy atom. The first-order valence-electron chi connectivity index (χ1n) is 2.86. The highest BCUT2D eigenvalue weighted by Crippen LogP contribution is 2.21. The minimum Gasteiger partial charge on any atom is -0.428 e. The van der Waals surface area contributed by atoms with Gasteiger partial charge in [0, 0.05) is 0 Å². The van der Waals surface area contributed by atoms with Gasteiger partial charge in [-0.05, 0) is 0 Å². The van der Waals surface area contributed by atoms with E-state index in [9.17, 15) is 0 Å². The molecule has 11 heavy (non-hydrogen) atoms. The van der Waals surface area contributed by atoms with Crippen LogP contribution in [0.4, 0.5) is 0 Å². The summed E-state index contributed by atoms with van der Waals surface area (Å²) in [5.74, 6) is 0.202. The van der Waals surface area contributed by atoms with Gasteiger partial charge in [0.2, 0.25) is 0 Å². The Morgan fingerprint density at radius 3 is 3.09 bits per heavy atom. The molecule has 0 aromatic carbocycles. The number of hydroxylamine groups is 1. The molecule has 1 unspecified atom stereocenters. The lowest BCUT2D eigenvalue weighted by atomic mass is 10.7. The fourth-order valence-corrected chi connectivity index (χ4v) is 0.884. The lowest BCUT2D eigenvalue weighted by Crippen LogP contribution is -2.40. The highest BCUT2D eigenvalue weighted by Gasteiger charge is 2.38. The molecule has 0 spiro atoms. The molecule has 0 aromatic rings. The smallest absolute Gasteiger partial charge is 0.326 e. The molecule has 0 aromatic heterocycles. The molecule has 0 amide bonds. The number of aliphatic hydroxyl groups is 1. The van der Waals surface area contributed by atoms with Crippen LogP contribution in [-0.4, -0.2) is 32.8 Å². The fraction of sp³-hybridized carbons (Fsp3) is 0.250. The van der Waals surface area contributed by atoms with Crippen LogP contribution in [0.15, 0.2) is 17.2 Å². The van der Waals surface area contributed by atoms with Crippen molar-refractivity contribution in [3.05, 3.63) is 12.1 Å². The van der Waals surface area contributed by atoms with Gasteiger partial charge in [-0.1, -0.05) is 5.10 Å². The summed E-state index contributed by atoms with van der Waals surface area (Å²) in [5, 5.41) is 21.7. The van der Waals surface area contributed by atoms with E-state index >= 15 is 0 Å². The zero-order valence-electron chi connectivity index (χ0n) is 5.38. The molecule has 0 saturated carbocycles. The maximum Gasteiger partial charge on any atom is 0.326 e. The van der Waals surface area contributed by atoms with Crippen LogP contribution in [0.3, 0.4) is 0 Å². The molecule has 2 heterocycles. The number of aliphatic hydroxyl groups excluding tert-OH is 1. The number of fused-ring (bicyclic) bond motifs is 1. The van der Waals surface area contributed by atoms with E-state index < -0.39 is 6.35 Å². The minimum atomic E-state index is -1.29. The van der Waals surface area contributed by atoms with Crippen molar-refractivity contribution in [3.8, 4) is 0 Å². The number of nitrogens with two attached hydrogens (primary N) is 1. The van der Waals surface area contributed by atoms with Gasteiger partial charge in [-0.2, -0.15) is 0 Å². The number of hydrazone groups is 1. The third kappa shape index (κ3) is 0.657. The van der Waals surface area contributed by atoms with Crippen LogP contribution in [0.2, 0.25) is 0 Å². The molecule has 0 fully saturated rings. The molecule has 4 N–H and O–H groups in total. The van der Waals surface area contributed by atoms with Crippen molar-refractivity contribution in [1.82, 2.24) is 10.1 Å². The van der Waals surface area contributed by atoms with Crippen molar-refractivity contribution in [2.24, 2.45) is 10.8 Å². The van der Waals surface area contributed by atoms with E-state index in [1.54, 1.807) is 0 Å². The molecule has 2 rings (SSSR count). The molecular formula is C4H6N4O3. The third-order valence-electron chi connectivity index (χ3n) is 1.39. The molecule has 2 aliphatic heterocycles. The molecule has 7 nitrogen and oxygen atoms in total. The first-order valence-corrected chi connectivity index (χ1v) is 2.86. The van der Waals surface area contributed by atoms with Crippen LogP contribution in [0.25, 0.3) is 0 Å². The van der Waals surface area contributed by atoms with E-state index in [1.165, 1.54) is 6.26 Å². The van der Waals surface area contributed by atoms with Gasteiger partial charge in [0.1, 0.15) is 12.1 Å². The average molecular weight is 158 g/mol. The monoisotopic (exact) mass is 158 g/mol. The number of ether oxygens (including phenoxy) is 1. The lowest BCUT2D eigenvalue weighted by molar-refractivity contribution is -0.215. The number of amidine groups is 1. The second kappa shape index (κ2) is 1.77. The fourth-order valence-electron chi connectivity index (χ4n) is 0.884. The molecule has 1 atom stereocenters. The predicted octanol–water partition coefficient (Wildman–Crippen LogP) is -1.67. The summed E-state index contributed by atoms with van der Waals surface area (Å²) in [6.45, 7) is 0. The first kappa shape index (κ1) is 6.25. The van der Waals surface area contributed by atoms with Gasteiger partial charge in [-0.3, -0.25) is 5.21 Å². The van der Waals surface area contributed by atoms with E-state index in [-0.39, 0.29) is 11.8 Å². The molecule has 0 saturated heterocycles. The lowest BCUT2D eigenvalue weighted by Gasteiger charge is -2.17. The van der Waals surface area contributed by atoms with Crippen molar-refractivity contribution >= 4 is 6.02 Å². The van der Waals surface area contributed by atoms with Gasteiger partial charge >= 0.3 is 6.02 Å². The van der Waals surface area contributed by atoms with Crippen LogP contribution in [-0.2, 0) is 4.74 Å². The highest BCUT2D eigenvalue weighted by atomic mass is 16.6. The number of hydrogen-bond acceptors (Lipinski definition) is 7. The zero-order valence-corrected chi connectivity index (χ0v) is 5.38. The van der Waals surface area contributed by atoms with Crippen LogP contribution in [0, 0.1) is 0 Å². The Morgan fingerprint density at radius 1 is 1.73 bits per heavy atom. The maximum atomic E-state index is 9.12. The quantitative estimate of drug-likeness (QED) is 0.390. The third-order valence-corrected chi connectivity index (χ3v) is 1.39. The summed E-state index contributed by atoms with van der Waals surface area (Å²) in [5.41, 5.74) is 5.36. The molecule has 60 valence electrons. The van der Waals surface area contributed by atoms with Crippen LogP contribution >= 0.6 is 0 Å². The molecule has 0 radical (unpaired) electrons. The Balaban J connectivity index is 2.30. The van der Waals surface area contributed by atoms with E-state index in [0.29, 0.717) is 5.17 Å². The van der Waals surface area contributed by atoms with Gasteiger partial charge in [0.15, 0.2) is 0 Å². The van der Waals surface area contributed by atoms with Crippen molar-refractivity contribution in [2.45, 2.75) is 6.35 Å². The van der Waals surface area contributed by atoms with Crippen molar-refractivity contribution in [2.75, 3.05) is 0 Å². The van der Waals surface area contributed by atoms with Gasteiger partial charge < -0.3 is 15.6 Å². The topological polar surface area (TPSA) is 94.5 Å². The Bertz CT molecular complexity index is 250. The number of hydrogen-bond donors (Lipinski definition) is 3. The number of nitrogens with zero attached hydrogens (tertiary/aromatic N) is 3. The van der Waals surface area contributed by atoms with E-state index in [4.69, 9.17) is 20.8 Å².